The van der Waals surface area contributed by atoms with Crippen LogP contribution < -0.4 is 15.4 Å². The summed E-state index contributed by atoms with van der Waals surface area (Å²) in [7, 11) is 1.63. The van der Waals surface area contributed by atoms with Crippen LogP contribution in [0, 0.1) is 0 Å². The summed E-state index contributed by atoms with van der Waals surface area (Å²) in [6.07, 6.45) is 0. The molecule has 8 nitrogen and oxygen atoms in total. The Hall–Kier alpha value is -2.85. The zero-order chi connectivity index (χ0) is 21.4. The Bertz CT molecular complexity index is 1280. The Morgan fingerprint density at radius 1 is 1.23 bits per heavy atom. The van der Waals surface area contributed by atoms with Gasteiger partial charge in [-0.15, -0.1) is 5.10 Å². The molecule has 158 valence electrons. The number of para-hydroxylation sites is 1. The number of amides is 1. The van der Waals surface area contributed by atoms with Crippen LogP contribution in [0.3, 0.4) is 0 Å². The molecule has 2 aromatic carbocycles. The molecule has 0 saturated carbocycles. The van der Waals surface area contributed by atoms with E-state index in [0.29, 0.717) is 29.7 Å². The molecule has 5 rings (SSSR count). The topological polar surface area (TPSA) is 93.4 Å². The highest BCUT2D eigenvalue weighted by molar-refractivity contribution is 9.10. The van der Waals surface area contributed by atoms with E-state index in [1.54, 1.807) is 23.4 Å². The lowest BCUT2D eigenvalue weighted by molar-refractivity contribution is -0.121. The highest BCUT2D eigenvalue weighted by atomic mass is 79.9. The van der Waals surface area contributed by atoms with Crippen molar-refractivity contribution in [3.8, 4) is 17.1 Å². The molecule has 31 heavy (non-hydrogen) atoms. The number of nitrogens with one attached hydrogen (secondary N) is 2. The van der Waals surface area contributed by atoms with Crippen LogP contribution >= 0.6 is 27.7 Å². The van der Waals surface area contributed by atoms with Crippen molar-refractivity contribution in [3.05, 3.63) is 46.9 Å². The van der Waals surface area contributed by atoms with E-state index < -0.39 is 6.04 Å². The summed E-state index contributed by atoms with van der Waals surface area (Å²) in [5, 5.41) is 11.8. The summed E-state index contributed by atoms with van der Waals surface area (Å²) >= 11 is 5.31. The van der Waals surface area contributed by atoms with Gasteiger partial charge in [0.1, 0.15) is 11.8 Å². The third kappa shape index (κ3) is 3.81. The number of halogens is 1. The number of carbonyl (C=O) groups is 1. The highest BCUT2D eigenvalue weighted by Gasteiger charge is 2.24. The fourth-order valence-electron chi connectivity index (χ4n) is 3.46. The number of hydrogen-bond donors (Lipinski definition) is 2. The largest absolute Gasteiger partial charge is 0.497 e. The van der Waals surface area contributed by atoms with Crippen LogP contribution in [0.25, 0.3) is 27.9 Å². The van der Waals surface area contributed by atoms with Gasteiger partial charge in [0.05, 0.1) is 12.6 Å². The lowest BCUT2D eigenvalue weighted by Crippen LogP contribution is -2.40. The van der Waals surface area contributed by atoms with E-state index in [1.165, 1.54) is 0 Å². The lowest BCUT2D eigenvalue weighted by atomic mass is 10.2. The average Bonchev–Trinajstić information content (AvgIpc) is 3.15. The Kier molecular flexibility index (Phi) is 5.41. The second kappa shape index (κ2) is 8.35. The summed E-state index contributed by atoms with van der Waals surface area (Å²) in [5.41, 5.74) is 2.29. The molecule has 0 bridgehead atoms. The molecular weight excluding hydrogens is 480 g/mol. The maximum Gasteiger partial charge on any atom is 0.243 e. The number of carbonyl (C=O) groups excluding carboxylic acids is 1. The van der Waals surface area contributed by atoms with E-state index in [0.717, 1.165) is 32.4 Å². The molecule has 10 heteroatoms. The molecule has 3 heterocycles. The van der Waals surface area contributed by atoms with Crippen LogP contribution in [0.1, 0.15) is 0 Å². The lowest BCUT2D eigenvalue weighted by Gasteiger charge is -2.16. The number of thioether (sulfide) groups is 1. The Morgan fingerprint density at radius 2 is 2.06 bits per heavy atom. The van der Waals surface area contributed by atoms with Crippen molar-refractivity contribution in [1.29, 1.82) is 0 Å². The average molecular weight is 499 g/mol. The summed E-state index contributed by atoms with van der Waals surface area (Å²) in [4.78, 5) is 22.1. The van der Waals surface area contributed by atoms with Crippen LogP contribution in [-0.4, -0.2) is 56.7 Å². The first-order valence-corrected chi connectivity index (χ1v) is 11.7. The Balaban J connectivity index is 1.66. The third-order valence-corrected chi connectivity index (χ3v) is 6.75. The van der Waals surface area contributed by atoms with E-state index >= 15 is 0 Å². The fourth-order valence-corrected chi connectivity index (χ4v) is 4.80. The molecule has 1 aliphatic rings. The van der Waals surface area contributed by atoms with Crippen molar-refractivity contribution >= 4 is 56.1 Å². The van der Waals surface area contributed by atoms with Gasteiger partial charge >= 0.3 is 0 Å². The van der Waals surface area contributed by atoms with Crippen molar-refractivity contribution in [2.45, 2.75) is 6.04 Å². The third-order valence-electron chi connectivity index (χ3n) is 5.05. The van der Waals surface area contributed by atoms with Crippen LogP contribution in [0.5, 0.6) is 5.75 Å². The van der Waals surface area contributed by atoms with Crippen molar-refractivity contribution in [2.24, 2.45) is 0 Å². The minimum atomic E-state index is -0.406. The van der Waals surface area contributed by atoms with E-state index in [1.807, 2.05) is 42.5 Å². The van der Waals surface area contributed by atoms with Gasteiger partial charge in [0.15, 0.2) is 11.5 Å². The first-order chi connectivity index (χ1) is 15.1. The van der Waals surface area contributed by atoms with Gasteiger partial charge in [-0.25, -0.2) is 9.97 Å². The van der Waals surface area contributed by atoms with Crippen LogP contribution in [0.4, 0.5) is 5.95 Å². The second-order valence-corrected chi connectivity index (χ2v) is 9.04. The predicted octanol–water partition coefficient (Wildman–Crippen LogP) is 3.36. The quantitative estimate of drug-likeness (QED) is 0.445. The van der Waals surface area contributed by atoms with E-state index in [4.69, 9.17) is 19.8 Å². The van der Waals surface area contributed by atoms with Crippen molar-refractivity contribution in [2.75, 3.05) is 30.5 Å². The molecule has 4 aromatic rings. The number of methoxy groups -OCH3 is 1. The monoisotopic (exact) mass is 498 g/mol. The normalized spacial score (nSPS) is 16.8. The number of hydrogen-bond acceptors (Lipinski definition) is 7. The Labute approximate surface area is 190 Å². The van der Waals surface area contributed by atoms with Crippen LogP contribution in [0.15, 0.2) is 46.9 Å². The SMILES string of the molecule is COc1ccc(-c2nc3c4cccc(Br)c4nc(N[C@H]4CSCCNC4=O)n3n2)cc1. The molecule has 0 aliphatic carbocycles. The molecule has 0 radical (unpaired) electrons. The molecule has 1 atom stereocenters. The van der Waals surface area contributed by atoms with E-state index in [9.17, 15) is 4.79 Å². The number of fused-ring (bicyclic) bond motifs is 3. The molecule has 2 N–H and O–H groups in total. The maximum atomic E-state index is 12.5. The second-order valence-electron chi connectivity index (χ2n) is 7.03. The number of anilines is 1. The molecule has 0 unspecified atom stereocenters. The van der Waals surface area contributed by atoms with Gasteiger partial charge in [-0.1, -0.05) is 6.07 Å². The number of benzene rings is 2. The van der Waals surface area contributed by atoms with Gasteiger partial charge in [0.2, 0.25) is 11.9 Å². The first kappa shape index (κ1) is 20.1. The minimum Gasteiger partial charge on any atom is -0.497 e. The van der Waals surface area contributed by atoms with Gasteiger partial charge < -0.3 is 15.4 Å². The van der Waals surface area contributed by atoms with E-state index in [2.05, 4.69) is 26.6 Å². The smallest absolute Gasteiger partial charge is 0.243 e. The highest BCUT2D eigenvalue weighted by Crippen LogP contribution is 2.29. The fraction of sp³-hybridized carbons (Fsp3) is 0.238. The van der Waals surface area contributed by atoms with Crippen LogP contribution in [0.2, 0.25) is 0 Å². The maximum absolute atomic E-state index is 12.5. The summed E-state index contributed by atoms with van der Waals surface area (Å²) < 4.78 is 7.78. The molecular formula is C21H19BrN6O2S. The zero-order valence-corrected chi connectivity index (χ0v) is 19.0. The van der Waals surface area contributed by atoms with Gasteiger partial charge in [0.25, 0.3) is 0 Å². The van der Waals surface area contributed by atoms with Crippen molar-refractivity contribution in [3.63, 3.8) is 0 Å². The number of ether oxygens (including phenoxy) is 1. The summed E-state index contributed by atoms with van der Waals surface area (Å²) in [5.74, 6) is 3.32. The standard InChI is InChI=1S/C21H19BrN6O2S/c1-30-13-7-5-12(6-8-13)18-26-19-14-3-2-4-15(22)17(14)25-21(28(19)27-18)24-16-11-31-10-9-23-20(16)29/h2-8,16H,9-11H2,1H3,(H,23,29)(H,24,25)/t16-/m0/s1. The first-order valence-electron chi connectivity index (χ1n) is 9.75. The zero-order valence-electron chi connectivity index (χ0n) is 16.6. The molecule has 1 fully saturated rings. The van der Waals surface area contributed by atoms with Gasteiger partial charge in [-0.2, -0.15) is 16.3 Å². The number of aromatic nitrogens is 4. The summed E-state index contributed by atoms with van der Waals surface area (Å²) in [6, 6.07) is 13.0. The van der Waals surface area contributed by atoms with Crippen molar-refractivity contribution < 1.29 is 9.53 Å². The van der Waals surface area contributed by atoms with Gasteiger partial charge in [0, 0.05) is 33.5 Å². The van der Waals surface area contributed by atoms with E-state index in [-0.39, 0.29) is 5.91 Å². The number of nitrogens with zero attached hydrogens (tertiary/aromatic N) is 4. The minimum absolute atomic E-state index is 0.0392. The molecule has 1 saturated heterocycles. The predicted molar refractivity (Wildman–Crippen MR) is 126 cm³/mol. The molecule has 0 spiro atoms. The number of rotatable bonds is 4. The van der Waals surface area contributed by atoms with Crippen LogP contribution in [-0.2, 0) is 4.79 Å². The summed E-state index contributed by atoms with van der Waals surface area (Å²) in [6.45, 7) is 0.665. The Morgan fingerprint density at radius 3 is 2.87 bits per heavy atom. The van der Waals surface area contributed by atoms with Gasteiger partial charge in [-0.3, -0.25) is 4.79 Å². The molecule has 1 amide bonds. The van der Waals surface area contributed by atoms with Gasteiger partial charge in [-0.05, 0) is 52.3 Å². The molecule has 1 aliphatic heterocycles. The molecule has 2 aromatic heterocycles. The van der Waals surface area contributed by atoms with Crippen molar-refractivity contribution in [1.82, 2.24) is 24.9 Å².